The monoisotopic (exact) mass is 387 g/mol. The van der Waals surface area contributed by atoms with Crippen molar-refractivity contribution in [2.24, 2.45) is 0 Å². The van der Waals surface area contributed by atoms with Crippen molar-refractivity contribution in [3.05, 3.63) is 64.2 Å². The summed E-state index contributed by atoms with van der Waals surface area (Å²) < 4.78 is 48.2. The molecule has 0 aromatic heterocycles. The highest BCUT2D eigenvalue weighted by molar-refractivity contribution is 6.32. The van der Waals surface area contributed by atoms with Crippen LogP contribution in [0.5, 0.6) is 5.75 Å². The van der Waals surface area contributed by atoms with Gasteiger partial charge in [0.1, 0.15) is 12.4 Å². The summed E-state index contributed by atoms with van der Waals surface area (Å²) in [6.07, 6.45) is -4.47. The first kappa shape index (κ1) is 20.1. The van der Waals surface area contributed by atoms with Crippen molar-refractivity contribution >= 4 is 17.5 Å². The lowest BCUT2D eigenvalue weighted by Gasteiger charge is -2.12. The van der Waals surface area contributed by atoms with Gasteiger partial charge in [0, 0.05) is 19.2 Å². The van der Waals surface area contributed by atoms with Crippen LogP contribution >= 0.6 is 11.6 Å². The van der Waals surface area contributed by atoms with E-state index in [0.717, 1.165) is 12.1 Å². The number of alkyl halides is 3. The first-order valence-electron chi connectivity index (χ1n) is 7.67. The van der Waals surface area contributed by atoms with Crippen molar-refractivity contribution in [1.82, 2.24) is 5.32 Å². The Hall–Kier alpha value is -2.25. The molecule has 8 heteroatoms. The molecular weight excluding hydrogens is 371 g/mol. The first-order chi connectivity index (χ1) is 12.3. The van der Waals surface area contributed by atoms with E-state index in [9.17, 15) is 18.0 Å². The van der Waals surface area contributed by atoms with Crippen LogP contribution in [0.25, 0.3) is 0 Å². The minimum Gasteiger partial charge on any atom is -0.487 e. The zero-order valence-electron chi connectivity index (χ0n) is 13.9. The third kappa shape index (κ3) is 5.64. The Morgan fingerprint density at radius 2 is 1.96 bits per heavy atom. The first-order valence-corrected chi connectivity index (χ1v) is 8.04. The fourth-order valence-electron chi connectivity index (χ4n) is 2.13. The van der Waals surface area contributed by atoms with E-state index in [-0.39, 0.29) is 23.3 Å². The highest BCUT2D eigenvalue weighted by Gasteiger charge is 2.31. The molecule has 2 aromatic rings. The summed E-state index contributed by atoms with van der Waals surface area (Å²) in [4.78, 5) is 12.0. The van der Waals surface area contributed by atoms with Crippen LogP contribution in [0.1, 0.15) is 21.5 Å². The molecule has 0 fully saturated rings. The lowest BCUT2D eigenvalue weighted by atomic mass is 10.1. The van der Waals surface area contributed by atoms with E-state index in [1.165, 1.54) is 13.2 Å². The van der Waals surface area contributed by atoms with Gasteiger partial charge in [0.25, 0.3) is 5.91 Å². The molecule has 0 radical (unpaired) electrons. The van der Waals surface area contributed by atoms with Crippen molar-refractivity contribution in [2.75, 3.05) is 20.3 Å². The van der Waals surface area contributed by atoms with E-state index in [1.54, 1.807) is 24.3 Å². The number of hydrogen-bond donors (Lipinski definition) is 1. The van der Waals surface area contributed by atoms with E-state index < -0.39 is 11.7 Å². The molecule has 0 saturated heterocycles. The predicted octanol–water partition coefficient (Wildman–Crippen LogP) is 4.31. The number of benzene rings is 2. The third-order valence-electron chi connectivity index (χ3n) is 3.43. The van der Waals surface area contributed by atoms with Gasteiger partial charge in [0.05, 0.1) is 17.2 Å². The van der Waals surface area contributed by atoms with Crippen molar-refractivity contribution in [3.8, 4) is 5.75 Å². The Labute approximate surface area is 153 Å². The lowest BCUT2D eigenvalue weighted by molar-refractivity contribution is -0.137. The number of hydrogen-bond acceptors (Lipinski definition) is 3. The van der Waals surface area contributed by atoms with Crippen LogP contribution in [-0.2, 0) is 17.5 Å². The Balaban J connectivity index is 2.01. The summed E-state index contributed by atoms with van der Waals surface area (Å²) in [6.45, 7) is 0.850. The SMILES string of the molecule is COCCNC(=O)c1cccc(COc2ccc(C(F)(F)F)cc2Cl)c1. The van der Waals surface area contributed by atoms with Gasteiger partial charge in [0.15, 0.2) is 0 Å². The minimum absolute atomic E-state index is 0.0598. The number of ether oxygens (including phenoxy) is 2. The largest absolute Gasteiger partial charge is 0.487 e. The van der Waals surface area contributed by atoms with E-state index >= 15 is 0 Å². The maximum Gasteiger partial charge on any atom is 0.416 e. The maximum atomic E-state index is 12.6. The van der Waals surface area contributed by atoms with Crippen LogP contribution in [0.4, 0.5) is 13.2 Å². The van der Waals surface area contributed by atoms with Gasteiger partial charge in [0.2, 0.25) is 0 Å². The summed E-state index contributed by atoms with van der Waals surface area (Å²) in [5, 5.41) is 2.57. The number of halogens is 4. The van der Waals surface area contributed by atoms with Crippen molar-refractivity contribution in [2.45, 2.75) is 12.8 Å². The van der Waals surface area contributed by atoms with Gasteiger partial charge in [-0.2, -0.15) is 13.2 Å². The molecule has 0 aliphatic heterocycles. The van der Waals surface area contributed by atoms with Crippen LogP contribution < -0.4 is 10.1 Å². The average Bonchev–Trinajstić information content (AvgIpc) is 2.60. The normalized spacial score (nSPS) is 11.3. The quantitative estimate of drug-likeness (QED) is 0.720. The van der Waals surface area contributed by atoms with E-state index in [4.69, 9.17) is 21.1 Å². The van der Waals surface area contributed by atoms with E-state index in [2.05, 4.69) is 5.32 Å². The molecule has 0 spiro atoms. The van der Waals surface area contributed by atoms with Crippen LogP contribution in [-0.4, -0.2) is 26.2 Å². The van der Waals surface area contributed by atoms with Gasteiger partial charge in [-0.3, -0.25) is 4.79 Å². The molecule has 1 amide bonds. The topological polar surface area (TPSA) is 47.6 Å². The molecule has 0 saturated carbocycles. The standard InChI is InChI=1S/C18H17ClF3NO3/c1-25-8-7-23-17(24)13-4-2-3-12(9-13)11-26-16-6-5-14(10-15(16)19)18(20,21)22/h2-6,9-10H,7-8,11H2,1H3,(H,23,24). The fraction of sp³-hybridized carbons (Fsp3) is 0.278. The second-order valence-corrected chi connectivity index (χ2v) is 5.79. The summed E-state index contributed by atoms with van der Waals surface area (Å²) in [6, 6.07) is 9.61. The van der Waals surface area contributed by atoms with Gasteiger partial charge in [-0.05, 0) is 35.9 Å². The molecule has 2 aromatic carbocycles. The van der Waals surface area contributed by atoms with Crippen molar-refractivity contribution in [3.63, 3.8) is 0 Å². The van der Waals surface area contributed by atoms with Gasteiger partial charge in [-0.1, -0.05) is 23.7 Å². The summed E-state index contributed by atoms with van der Waals surface area (Å²) in [5.41, 5.74) is 0.283. The van der Waals surface area contributed by atoms with Crippen LogP contribution in [0.2, 0.25) is 5.02 Å². The smallest absolute Gasteiger partial charge is 0.416 e. The number of carbonyl (C=O) groups is 1. The van der Waals surface area contributed by atoms with E-state index in [0.29, 0.717) is 24.3 Å². The number of amides is 1. The second kappa shape index (κ2) is 8.91. The van der Waals surface area contributed by atoms with Gasteiger partial charge < -0.3 is 14.8 Å². The van der Waals surface area contributed by atoms with Crippen molar-refractivity contribution in [1.29, 1.82) is 0 Å². The molecule has 0 aliphatic rings. The summed E-state index contributed by atoms with van der Waals surface area (Å²) in [5.74, 6) is -0.119. The highest BCUT2D eigenvalue weighted by atomic mass is 35.5. The predicted molar refractivity (Wildman–Crippen MR) is 91.4 cm³/mol. The zero-order chi connectivity index (χ0) is 19.2. The average molecular weight is 388 g/mol. The molecule has 2 rings (SSSR count). The fourth-order valence-corrected chi connectivity index (χ4v) is 2.36. The highest BCUT2D eigenvalue weighted by Crippen LogP contribution is 2.34. The Morgan fingerprint density at radius 1 is 1.19 bits per heavy atom. The molecule has 0 atom stereocenters. The number of nitrogens with one attached hydrogen (secondary N) is 1. The van der Waals surface area contributed by atoms with Crippen LogP contribution in [0.15, 0.2) is 42.5 Å². The van der Waals surface area contributed by atoms with Crippen LogP contribution in [0, 0.1) is 0 Å². The third-order valence-corrected chi connectivity index (χ3v) is 3.73. The summed E-state index contributed by atoms with van der Waals surface area (Å²) in [7, 11) is 1.54. The molecule has 4 nitrogen and oxygen atoms in total. The van der Waals surface area contributed by atoms with E-state index in [1.807, 2.05) is 0 Å². The molecule has 1 N–H and O–H groups in total. The molecule has 26 heavy (non-hydrogen) atoms. The van der Waals surface area contributed by atoms with Crippen molar-refractivity contribution < 1.29 is 27.4 Å². The molecular formula is C18H17ClF3NO3. The van der Waals surface area contributed by atoms with Gasteiger partial charge in [-0.15, -0.1) is 0 Å². The Kier molecular flexibility index (Phi) is 6.88. The lowest BCUT2D eigenvalue weighted by Crippen LogP contribution is -2.27. The summed E-state index contributed by atoms with van der Waals surface area (Å²) >= 11 is 5.85. The minimum atomic E-state index is -4.47. The molecule has 0 unspecified atom stereocenters. The zero-order valence-corrected chi connectivity index (χ0v) is 14.7. The maximum absolute atomic E-state index is 12.6. The molecule has 0 heterocycles. The number of carbonyl (C=O) groups excluding carboxylic acids is 1. The number of rotatable bonds is 7. The van der Waals surface area contributed by atoms with Gasteiger partial charge in [-0.25, -0.2) is 0 Å². The Bertz CT molecular complexity index is 766. The molecule has 0 aliphatic carbocycles. The molecule has 0 bridgehead atoms. The van der Waals surface area contributed by atoms with Gasteiger partial charge >= 0.3 is 6.18 Å². The Morgan fingerprint density at radius 3 is 2.62 bits per heavy atom. The second-order valence-electron chi connectivity index (χ2n) is 5.38. The molecule has 140 valence electrons. The van der Waals surface area contributed by atoms with Crippen LogP contribution in [0.3, 0.4) is 0 Å². The number of methoxy groups -OCH3 is 1.